The van der Waals surface area contributed by atoms with Gasteiger partial charge in [0.2, 0.25) is 0 Å². The van der Waals surface area contributed by atoms with Crippen LogP contribution in [0.15, 0.2) is 41.3 Å². The second-order valence-electron chi connectivity index (χ2n) is 4.93. The van der Waals surface area contributed by atoms with Crippen molar-refractivity contribution in [3.8, 4) is 5.75 Å². The molecule has 3 aromatic rings. The molecule has 124 valence electrons. The van der Waals surface area contributed by atoms with Crippen LogP contribution >= 0.6 is 11.6 Å². The van der Waals surface area contributed by atoms with Gasteiger partial charge in [-0.1, -0.05) is 11.6 Å². The van der Waals surface area contributed by atoms with Crippen LogP contribution < -0.4 is 15.6 Å². The van der Waals surface area contributed by atoms with Crippen molar-refractivity contribution in [2.75, 3.05) is 12.4 Å². The third-order valence-electron chi connectivity index (χ3n) is 3.47. The molecule has 0 aliphatic rings. The second kappa shape index (κ2) is 6.46. The molecule has 0 radical (unpaired) electrons. The lowest BCUT2D eigenvalue weighted by molar-refractivity contribution is 0.280. The molecule has 2 aromatic heterocycles. The number of aliphatic hydroxyl groups is 1. The highest BCUT2D eigenvalue weighted by molar-refractivity contribution is 6.30. The summed E-state index contributed by atoms with van der Waals surface area (Å²) in [6.45, 7) is -0.523. The van der Waals surface area contributed by atoms with E-state index in [1.807, 2.05) is 0 Å². The smallest absolute Gasteiger partial charge is 0.265 e. The first kappa shape index (κ1) is 16.2. The van der Waals surface area contributed by atoms with Crippen molar-refractivity contribution >= 4 is 28.8 Å². The summed E-state index contributed by atoms with van der Waals surface area (Å²) in [7, 11) is 1.46. The van der Waals surface area contributed by atoms with Crippen LogP contribution in [0.1, 0.15) is 5.56 Å². The zero-order valence-electron chi connectivity index (χ0n) is 12.6. The van der Waals surface area contributed by atoms with Crippen LogP contribution in [0, 0.1) is 5.82 Å². The molecule has 1 aromatic carbocycles. The first-order chi connectivity index (χ1) is 11.5. The van der Waals surface area contributed by atoms with E-state index in [0.29, 0.717) is 11.4 Å². The summed E-state index contributed by atoms with van der Waals surface area (Å²) in [5.74, 6) is -0.0968. The molecule has 8 heteroatoms. The fourth-order valence-corrected chi connectivity index (χ4v) is 2.41. The molecule has 6 nitrogen and oxygen atoms in total. The lowest BCUT2D eigenvalue weighted by Crippen LogP contribution is -2.22. The van der Waals surface area contributed by atoms with Crippen molar-refractivity contribution in [2.24, 2.45) is 0 Å². The average molecular weight is 350 g/mol. The van der Waals surface area contributed by atoms with Crippen LogP contribution in [0.25, 0.3) is 5.65 Å². The molecule has 0 aliphatic carbocycles. The molecule has 2 heterocycles. The molecule has 2 N–H and O–H groups in total. The van der Waals surface area contributed by atoms with Crippen molar-refractivity contribution in [3.63, 3.8) is 0 Å². The van der Waals surface area contributed by atoms with Gasteiger partial charge in [-0.05, 0) is 30.3 Å². The molecule has 0 amide bonds. The minimum Gasteiger partial charge on any atom is -0.493 e. The van der Waals surface area contributed by atoms with Crippen molar-refractivity contribution in [1.82, 2.24) is 9.38 Å². The molecule has 0 aliphatic heterocycles. The Labute approximate surface area is 141 Å². The van der Waals surface area contributed by atoms with E-state index in [2.05, 4.69) is 10.3 Å². The normalized spacial score (nSPS) is 10.8. The van der Waals surface area contributed by atoms with Crippen LogP contribution in [-0.4, -0.2) is 21.6 Å². The topological polar surface area (TPSA) is 75.9 Å². The standard InChI is InChI=1S/C16H13ClFN3O3/c1-24-13-3-2-6-21-15(13)20-14(10(8-22)16(21)23)19-9-4-5-11(17)12(18)7-9/h2-7,19,22H,8H2,1H3. The molecular formula is C16H13ClFN3O3. The van der Waals surface area contributed by atoms with Gasteiger partial charge in [0.1, 0.15) is 11.6 Å². The van der Waals surface area contributed by atoms with Gasteiger partial charge in [-0.3, -0.25) is 9.20 Å². The molecule has 0 spiro atoms. The number of hydrogen-bond donors (Lipinski definition) is 2. The van der Waals surface area contributed by atoms with Crippen molar-refractivity contribution in [3.05, 3.63) is 63.3 Å². The Bertz CT molecular complexity index is 975. The molecule has 0 atom stereocenters. The van der Waals surface area contributed by atoms with Crippen molar-refractivity contribution in [2.45, 2.75) is 6.61 Å². The van der Waals surface area contributed by atoms with Crippen LogP contribution in [0.3, 0.4) is 0 Å². The Morgan fingerprint density at radius 1 is 1.42 bits per heavy atom. The third kappa shape index (κ3) is 2.79. The summed E-state index contributed by atoms with van der Waals surface area (Å²) in [4.78, 5) is 16.9. The van der Waals surface area contributed by atoms with Gasteiger partial charge in [0.25, 0.3) is 5.56 Å². The first-order valence-corrected chi connectivity index (χ1v) is 7.34. The van der Waals surface area contributed by atoms with Crippen LogP contribution in [-0.2, 0) is 6.61 Å². The minimum atomic E-state index is -0.609. The molecule has 0 bridgehead atoms. The highest BCUT2D eigenvalue weighted by Crippen LogP contribution is 2.24. The lowest BCUT2D eigenvalue weighted by atomic mass is 10.2. The maximum Gasteiger partial charge on any atom is 0.265 e. The Morgan fingerprint density at radius 3 is 2.88 bits per heavy atom. The van der Waals surface area contributed by atoms with Crippen LogP contribution in [0.5, 0.6) is 5.75 Å². The lowest BCUT2D eigenvalue weighted by Gasteiger charge is -2.13. The number of pyridine rings is 1. The summed E-state index contributed by atoms with van der Waals surface area (Å²) in [6, 6.07) is 7.39. The maximum atomic E-state index is 13.6. The zero-order chi connectivity index (χ0) is 17.3. The second-order valence-corrected chi connectivity index (χ2v) is 5.33. The quantitative estimate of drug-likeness (QED) is 0.757. The summed E-state index contributed by atoms with van der Waals surface area (Å²) in [6.07, 6.45) is 1.53. The molecular weight excluding hydrogens is 337 g/mol. The number of ether oxygens (including phenoxy) is 1. The Kier molecular flexibility index (Phi) is 4.37. The monoisotopic (exact) mass is 349 g/mol. The van der Waals surface area contributed by atoms with E-state index in [0.717, 1.165) is 0 Å². The van der Waals surface area contributed by atoms with E-state index in [4.69, 9.17) is 16.3 Å². The largest absolute Gasteiger partial charge is 0.493 e. The summed E-state index contributed by atoms with van der Waals surface area (Å²) in [5.41, 5.74) is 0.228. The van der Waals surface area contributed by atoms with Gasteiger partial charge in [0, 0.05) is 11.9 Å². The van der Waals surface area contributed by atoms with E-state index in [1.165, 1.54) is 35.9 Å². The number of nitrogens with zero attached hydrogens (tertiary/aromatic N) is 2. The Hall–Kier alpha value is -2.64. The van der Waals surface area contributed by atoms with E-state index in [-0.39, 0.29) is 22.1 Å². The minimum absolute atomic E-state index is 0.0175. The predicted octanol–water partition coefficient (Wildman–Crippen LogP) is 2.73. The first-order valence-electron chi connectivity index (χ1n) is 6.96. The highest BCUT2D eigenvalue weighted by atomic mass is 35.5. The van der Waals surface area contributed by atoms with Crippen LogP contribution in [0.4, 0.5) is 15.9 Å². The maximum absolute atomic E-state index is 13.6. The Balaban J connectivity index is 2.19. The Morgan fingerprint density at radius 2 is 2.21 bits per heavy atom. The van der Waals surface area contributed by atoms with Gasteiger partial charge in [-0.25, -0.2) is 9.37 Å². The number of aromatic nitrogens is 2. The third-order valence-corrected chi connectivity index (χ3v) is 3.78. The van der Waals surface area contributed by atoms with Crippen molar-refractivity contribution < 1.29 is 14.2 Å². The fourth-order valence-electron chi connectivity index (χ4n) is 2.29. The van der Waals surface area contributed by atoms with E-state index < -0.39 is 18.0 Å². The van der Waals surface area contributed by atoms with Crippen LogP contribution in [0.2, 0.25) is 5.02 Å². The summed E-state index contributed by atoms with van der Waals surface area (Å²) in [5, 5.41) is 12.4. The van der Waals surface area contributed by atoms with Crippen molar-refractivity contribution in [1.29, 1.82) is 0 Å². The number of fused-ring (bicyclic) bond motifs is 1. The summed E-state index contributed by atoms with van der Waals surface area (Å²) < 4.78 is 20.1. The number of benzene rings is 1. The van der Waals surface area contributed by atoms with Gasteiger partial charge >= 0.3 is 0 Å². The number of hydrogen-bond acceptors (Lipinski definition) is 5. The molecule has 0 unspecified atom stereocenters. The average Bonchev–Trinajstić information content (AvgIpc) is 2.58. The summed E-state index contributed by atoms with van der Waals surface area (Å²) >= 11 is 5.66. The number of rotatable bonds is 4. The molecule has 24 heavy (non-hydrogen) atoms. The van der Waals surface area contributed by atoms with Gasteiger partial charge < -0.3 is 15.2 Å². The molecule has 0 saturated heterocycles. The van der Waals surface area contributed by atoms with E-state index in [1.54, 1.807) is 12.1 Å². The van der Waals surface area contributed by atoms with Gasteiger partial charge in [0.15, 0.2) is 11.4 Å². The van der Waals surface area contributed by atoms with E-state index in [9.17, 15) is 14.3 Å². The SMILES string of the molecule is COc1cccn2c(=O)c(CO)c(Nc3ccc(Cl)c(F)c3)nc12. The van der Waals surface area contributed by atoms with Gasteiger partial charge in [-0.2, -0.15) is 0 Å². The number of aliphatic hydroxyl groups excluding tert-OH is 1. The van der Waals surface area contributed by atoms with Gasteiger partial charge in [-0.15, -0.1) is 0 Å². The highest BCUT2D eigenvalue weighted by Gasteiger charge is 2.15. The number of methoxy groups -OCH3 is 1. The van der Waals surface area contributed by atoms with E-state index >= 15 is 0 Å². The predicted molar refractivity (Wildman–Crippen MR) is 88.6 cm³/mol. The molecule has 0 fully saturated rings. The molecule has 3 rings (SSSR count). The number of halogens is 2. The van der Waals surface area contributed by atoms with Gasteiger partial charge in [0.05, 0.1) is 24.3 Å². The fraction of sp³-hybridized carbons (Fsp3) is 0.125. The molecule has 0 saturated carbocycles. The number of anilines is 2. The zero-order valence-corrected chi connectivity index (χ0v) is 13.3. The number of nitrogens with one attached hydrogen (secondary N) is 1.